The molecule has 0 bridgehead atoms. The minimum Gasteiger partial charge on any atom is -0.504 e. The second-order valence-electron chi connectivity index (χ2n) is 4.69. The lowest BCUT2D eigenvalue weighted by atomic mass is 9.94. The molecule has 0 radical (unpaired) electrons. The van der Waals surface area contributed by atoms with E-state index in [1.54, 1.807) is 6.07 Å². The number of carbonyl (C=O) groups excluding carboxylic acids is 1. The normalized spacial score (nSPS) is 11.8. The minimum atomic E-state index is -0.0260. The van der Waals surface area contributed by atoms with Crippen LogP contribution in [0.5, 0.6) is 17.2 Å². The van der Waals surface area contributed by atoms with Crippen LogP contribution in [-0.4, -0.2) is 18.5 Å². The molecule has 0 amide bonds. The summed E-state index contributed by atoms with van der Waals surface area (Å²) >= 11 is 3.83. The number of aldehydes is 1. The number of hydrogen-bond acceptors (Lipinski definition) is 5. The Labute approximate surface area is 131 Å². The van der Waals surface area contributed by atoms with Crippen molar-refractivity contribution in [3.8, 4) is 17.2 Å². The molecule has 0 heterocycles. The fraction of sp³-hybridized carbons (Fsp3) is 0.438. The number of phenolic OH excluding ortho intramolecular Hbond substituents is 1. The lowest BCUT2D eigenvalue weighted by Gasteiger charge is -2.15. The zero-order valence-electron chi connectivity index (χ0n) is 12.7. The maximum atomic E-state index is 11.4. The second-order valence-corrected chi connectivity index (χ2v) is 4.87. The molecular formula is C16H22O4S. The van der Waals surface area contributed by atoms with Crippen molar-refractivity contribution in [3.05, 3.63) is 23.3 Å². The lowest BCUT2D eigenvalue weighted by Crippen LogP contribution is -1.97. The van der Waals surface area contributed by atoms with Crippen molar-refractivity contribution in [3.63, 3.8) is 0 Å². The van der Waals surface area contributed by atoms with E-state index in [1.807, 2.05) is 6.92 Å². The fourth-order valence-corrected chi connectivity index (χ4v) is 2.41. The van der Waals surface area contributed by atoms with Crippen molar-refractivity contribution in [2.75, 3.05) is 7.11 Å². The first-order valence-corrected chi connectivity index (χ1v) is 7.39. The predicted octanol–water partition coefficient (Wildman–Crippen LogP) is 4.18. The summed E-state index contributed by atoms with van der Waals surface area (Å²) in [6.45, 7) is 4.06. The standard InChI is InChI=1S/C16H22O4S/c1-4-6-7-11(10-17)12(5-2)13-8-16(19-3)14(18)9-15(13)20-21/h8-10,18,21H,4-7H2,1-3H3/b12-11-. The average Bonchev–Trinajstić information content (AvgIpc) is 2.51. The third-order valence-electron chi connectivity index (χ3n) is 3.39. The summed E-state index contributed by atoms with van der Waals surface area (Å²) in [6, 6.07) is 3.12. The quantitative estimate of drug-likeness (QED) is 0.327. The van der Waals surface area contributed by atoms with Crippen LogP contribution in [0, 0.1) is 0 Å². The van der Waals surface area contributed by atoms with Crippen molar-refractivity contribution >= 4 is 24.8 Å². The van der Waals surface area contributed by atoms with Crippen molar-refractivity contribution in [1.82, 2.24) is 0 Å². The molecule has 0 atom stereocenters. The first kappa shape index (κ1) is 17.4. The van der Waals surface area contributed by atoms with Crippen molar-refractivity contribution < 1.29 is 18.8 Å². The summed E-state index contributed by atoms with van der Waals surface area (Å²) < 4.78 is 10.2. The van der Waals surface area contributed by atoms with Gasteiger partial charge < -0.3 is 14.0 Å². The van der Waals surface area contributed by atoms with Gasteiger partial charge in [-0.15, -0.1) is 0 Å². The van der Waals surface area contributed by atoms with Gasteiger partial charge in [0.25, 0.3) is 0 Å². The second kappa shape index (κ2) is 8.62. The Morgan fingerprint density at radius 1 is 1.33 bits per heavy atom. The highest BCUT2D eigenvalue weighted by Crippen LogP contribution is 2.40. The van der Waals surface area contributed by atoms with Gasteiger partial charge in [0.15, 0.2) is 11.5 Å². The molecule has 5 heteroatoms. The summed E-state index contributed by atoms with van der Waals surface area (Å²) in [5.41, 5.74) is 2.36. The van der Waals surface area contributed by atoms with Crippen LogP contribution in [0.4, 0.5) is 0 Å². The molecule has 0 aliphatic rings. The van der Waals surface area contributed by atoms with E-state index in [0.717, 1.165) is 42.3 Å². The third-order valence-corrected chi connectivity index (χ3v) is 3.58. The molecule has 0 saturated heterocycles. The molecule has 4 nitrogen and oxygen atoms in total. The number of ether oxygens (including phenoxy) is 1. The number of thiol groups is 1. The number of carbonyl (C=O) groups is 1. The van der Waals surface area contributed by atoms with Crippen LogP contribution in [0.3, 0.4) is 0 Å². The van der Waals surface area contributed by atoms with Crippen LogP contribution < -0.4 is 8.92 Å². The Kier molecular flexibility index (Phi) is 7.15. The molecule has 21 heavy (non-hydrogen) atoms. The molecule has 0 unspecified atom stereocenters. The molecule has 0 spiro atoms. The van der Waals surface area contributed by atoms with Gasteiger partial charge in [0.2, 0.25) is 0 Å². The van der Waals surface area contributed by atoms with Crippen LogP contribution in [0.2, 0.25) is 0 Å². The first-order chi connectivity index (χ1) is 10.1. The van der Waals surface area contributed by atoms with Gasteiger partial charge in [-0.25, -0.2) is 0 Å². The highest BCUT2D eigenvalue weighted by atomic mass is 32.1. The van der Waals surface area contributed by atoms with E-state index >= 15 is 0 Å². The van der Waals surface area contributed by atoms with Crippen LogP contribution in [0.25, 0.3) is 5.57 Å². The Hall–Kier alpha value is -1.62. The minimum absolute atomic E-state index is 0.0260. The van der Waals surface area contributed by atoms with Crippen LogP contribution >= 0.6 is 12.9 Å². The number of unbranched alkanes of at least 4 members (excludes halogenated alkanes) is 1. The monoisotopic (exact) mass is 310 g/mol. The fourth-order valence-electron chi connectivity index (χ4n) is 2.26. The van der Waals surface area contributed by atoms with Gasteiger partial charge in [-0.2, -0.15) is 0 Å². The predicted molar refractivity (Wildman–Crippen MR) is 87.1 cm³/mol. The highest BCUT2D eigenvalue weighted by molar-refractivity contribution is 7.75. The average molecular weight is 310 g/mol. The number of aromatic hydroxyl groups is 1. The Bertz CT molecular complexity index is 523. The maximum absolute atomic E-state index is 11.4. The van der Waals surface area contributed by atoms with E-state index < -0.39 is 0 Å². The van der Waals surface area contributed by atoms with E-state index in [-0.39, 0.29) is 5.75 Å². The molecule has 0 aliphatic carbocycles. The number of phenols is 1. The molecule has 0 fully saturated rings. The molecule has 1 aromatic carbocycles. The van der Waals surface area contributed by atoms with E-state index in [2.05, 4.69) is 19.8 Å². The smallest absolute Gasteiger partial charge is 0.161 e. The van der Waals surface area contributed by atoms with Gasteiger partial charge in [0.1, 0.15) is 12.0 Å². The van der Waals surface area contributed by atoms with Crippen LogP contribution in [0.15, 0.2) is 17.7 Å². The van der Waals surface area contributed by atoms with Crippen LogP contribution in [-0.2, 0) is 4.79 Å². The molecule has 1 N–H and O–H groups in total. The summed E-state index contributed by atoms with van der Waals surface area (Å²) in [7, 11) is 1.48. The summed E-state index contributed by atoms with van der Waals surface area (Å²) in [5.74, 6) is 0.720. The molecule has 0 saturated carbocycles. The molecule has 116 valence electrons. The van der Waals surface area contributed by atoms with Gasteiger partial charge in [-0.3, -0.25) is 4.79 Å². The zero-order valence-corrected chi connectivity index (χ0v) is 13.6. The van der Waals surface area contributed by atoms with E-state index in [0.29, 0.717) is 17.9 Å². The topological polar surface area (TPSA) is 55.8 Å². The van der Waals surface area contributed by atoms with Crippen molar-refractivity contribution in [2.45, 2.75) is 39.5 Å². The van der Waals surface area contributed by atoms with E-state index in [1.165, 1.54) is 13.2 Å². The van der Waals surface area contributed by atoms with Crippen molar-refractivity contribution in [1.29, 1.82) is 0 Å². The first-order valence-electron chi connectivity index (χ1n) is 7.02. The molecule has 1 rings (SSSR count). The number of rotatable bonds is 8. The summed E-state index contributed by atoms with van der Waals surface area (Å²) in [5, 5.41) is 9.81. The molecular weight excluding hydrogens is 288 g/mol. The van der Waals surface area contributed by atoms with E-state index in [9.17, 15) is 9.90 Å². The lowest BCUT2D eigenvalue weighted by molar-refractivity contribution is -0.105. The largest absolute Gasteiger partial charge is 0.504 e. The molecule has 1 aromatic rings. The van der Waals surface area contributed by atoms with Gasteiger partial charge in [0.05, 0.1) is 7.11 Å². The van der Waals surface area contributed by atoms with Gasteiger partial charge >= 0.3 is 0 Å². The number of benzene rings is 1. The van der Waals surface area contributed by atoms with E-state index in [4.69, 9.17) is 8.92 Å². The SMILES string of the molecule is CCCC/C(C=O)=C(\CC)c1cc(OC)c(O)cc1OS. The molecule has 0 aliphatic heterocycles. The Balaban J connectivity index is 3.44. The summed E-state index contributed by atoms with van der Waals surface area (Å²) in [6.07, 6.45) is 4.26. The Morgan fingerprint density at radius 2 is 2.05 bits per heavy atom. The molecule has 0 aromatic heterocycles. The number of hydrogen-bond donors (Lipinski definition) is 2. The van der Waals surface area contributed by atoms with Gasteiger partial charge in [-0.1, -0.05) is 20.3 Å². The summed E-state index contributed by atoms with van der Waals surface area (Å²) in [4.78, 5) is 11.4. The Morgan fingerprint density at radius 3 is 2.52 bits per heavy atom. The van der Waals surface area contributed by atoms with Gasteiger partial charge in [-0.05, 0) is 36.5 Å². The zero-order chi connectivity index (χ0) is 15.8. The number of methoxy groups -OCH3 is 1. The maximum Gasteiger partial charge on any atom is 0.161 e. The highest BCUT2D eigenvalue weighted by Gasteiger charge is 2.16. The van der Waals surface area contributed by atoms with Crippen LogP contribution in [0.1, 0.15) is 45.1 Å². The van der Waals surface area contributed by atoms with Crippen molar-refractivity contribution in [2.24, 2.45) is 0 Å². The number of allylic oxidation sites excluding steroid dienone is 2. The third kappa shape index (κ3) is 4.17. The van der Waals surface area contributed by atoms with Gasteiger partial charge in [0, 0.05) is 24.5 Å².